The molecule has 0 atom stereocenters. The zero-order chi connectivity index (χ0) is 16.3. The Hall–Kier alpha value is -2.60. The van der Waals surface area contributed by atoms with Gasteiger partial charge in [0.15, 0.2) is 0 Å². The highest BCUT2D eigenvalue weighted by Gasteiger charge is 2.11. The number of nitro groups is 1. The van der Waals surface area contributed by atoms with Crippen molar-refractivity contribution in [3.05, 3.63) is 62.7 Å². The average Bonchev–Trinajstić information content (AvgIpc) is 2.44. The molecule has 0 saturated heterocycles. The number of nitrogens with zero attached hydrogens (tertiary/aromatic N) is 1. The molecule has 0 bridgehead atoms. The lowest BCUT2D eigenvalue weighted by atomic mass is 10.1. The van der Waals surface area contributed by atoms with E-state index < -0.39 is 11.0 Å². The topological polar surface area (TPSA) is 81.5 Å². The highest BCUT2D eigenvalue weighted by molar-refractivity contribution is 6.32. The first-order chi connectivity index (χ1) is 10.4. The average molecular weight is 321 g/mol. The molecule has 2 aromatic rings. The van der Waals surface area contributed by atoms with Gasteiger partial charge < -0.3 is 4.74 Å². The molecule has 0 aliphatic heterocycles. The van der Waals surface area contributed by atoms with Gasteiger partial charge in [0, 0.05) is 17.2 Å². The summed E-state index contributed by atoms with van der Waals surface area (Å²) in [7, 11) is 0. The van der Waals surface area contributed by atoms with Gasteiger partial charge in [-0.3, -0.25) is 15.4 Å². The number of hydrogen-bond donors (Lipinski definition) is 1. The first kappa shape index (κ1) is 15.8. The maximum absolute atomic E-state index is 11.8. The number of benzene rings is 2. The lowest BCUT2D eigenvalue weighted by Crippen LogP contribution is -2.16. The van der Waals surface area contributed by atoms with E-state index in [2.05, 4.69) is 5.32 Å². The maximum atomic E-state index is 11.8. The van der Waals surface area contributed by atoms with E-state index in [0.717, 1.165) is 11.1 Å². The second-order valence-corrected chi connectivity index (χ2v) is 5.07. The molecule has 7 heteroatoms. The molecule has 0 radical (unpaired) electrons. The highest BCUT2D eigenvalue weighted by Crippen LogP contribution is 2.26. The number of nitro benzene ring substituents is 1. The third-order valence-corrected chi connectivity index (χ3v) is 3.52. The van der Waals surface area contributed by atoms with Crippen molar-refractivity contribution in [2.24, 2.45) is 0 Å². The molecule has 2 rings (SSSR count). The van der Waals surface area contributed by atoms with Crippen LogP contribution in [0.25, 0.3) is 0 Å². The fourth-order valence-corrected chi connectivity index (χ4v) is 2.02. The Morgan fingerprint density at radius 2 is 1.86 bits per heavy atom. The first-order valence-corrected chi connectivity index (χ1v) is 6.74. The van der Waals surface area contributed by atoms with Crippen molar-refractivity contribution in [1.29, 1.82) is 0 Å². The molecular weight excluding hydrogens is 308 g/mol. The van der Waals surface area contributed by atoms with Gasteiger partial charge in [-0.25, -0.2) is 4.79 Å². The number of anilines is 1. The quantitative estimate of drug-likeness (QED) is 0.668. The number of rotatable bonds is 3. The van der Waals surface area contributed by atoms with Crippen molar-refractivity contribution in [3.63, 3.8) is 0 Å². The Morgan fingerprint density at radius 3 is 2.45 bits per heavy atom. The van der Waals surface area contributed by atoms with E-state index in [4.69, 9.17) is 16.3 Å². The Balaban J connectivity index is 2.10. The Bertz CT molecular complexity index is 723. The predicted molar refractivity (Wildman–Crippen MR) is 83.7 cm³/mol. The molecule has 22 heavy (non-hydrogen) atoms. The van der Waals surface area contributed by atoms with Crippen LogP contribution < -0.4 is 10.1 Å². The number of hydrogen-bond acceptors (Lipinski definition) is 4. The lowest BCUT2D eigenvalue weighted by molar-refractivity contribution is -0.384. The van der Waals surface area contributed by atoms with Crippen molar-refractivity contribution < 1.29 is 14.5 Å². The molecule has 0 saturated carbocycles. The number of nitrogens with one attached hydrogen (secondary N) is 1. The standard InChI is InChI=1S/C15H13ClN2O4/c1-9-6-13(7-10(2)14(9)16)22-15(19)17-11-4-3-5-12(8-11)18(20)21/h3-8H,1-2H3,(H,17,19). The van der Waals surface area contributed by atoms with Crippen molar-refractivity contribution in [2.45, 2.75) is 13.8 Å². The molecule has 2 aromatic carbocycles. The molecule has 0 aliphatic rings. The third-order valence-electron chi connectivity index (χ3n) is 2.92. The number of carbonyl (C=O) groups is 1. The van der Waals surface area contributed by atoms with Gasteiger partial charge in [-0.15, -0.1) is 0 Å². The summed E-state index contributed by atoms with van der Waals surface area (Å²) in [5, 5.41) is 13.7. The van der Waals surface area contributed by atoms with Gasteiger partial charge in [0.1, 0.15) is 5.75 Å². The van der Waals surface area contributed by atoms with Gasteiger partial charge in [-0.2, -0.15) is 0 Å². The number of ether oxygens (including phenoxy) is 1. The number of non-ortho nitro benzene ring substituents is 1. The van der Waals surface area contributed by atoms with E-state index in [1.165, 1.54) is 24.3 Å². The SMILES string of the molecule is Cc1cc(OC(=O)Nc2cccc([N+](=O)[O-])c2)cc(C)c1Cl. The van der Waals surface area contributed by atoms with Gasteiger partial charge in [0.05, 0.1) is 10.6 Å². The Kier molecular flexibility index (Phi) is 4.62. The summed E-state index contributed by atoms with van der Waals surface area (Å²) in [5.74, 6) is 0.349. The fourth-order valence-electron chi connectivity index (χ4n) is 1.91. The van der Waals surface area contributed by atoms with Gasteiger partial charge in [-0.05, 0) is 43.2 Å². The van der Waals surface area contributed by atoms with Crippen LogP contribution in [-0.2, 0) is 0 Å². The summed E-state index contributed by atoms with van der Waals surface area (Å²) >= 11 is 6.04. The van der Waals surface area contributed by atoms with Gasteiger partial charge >= 0.3 is 6.09 Å². The second-order valence-electron chi connectivity index (χ2n) is 4.69. The highest BCUT2D eigenvalue weighted by atomic mass is 35.5. The molecule has 0 unspecified atom stereocenters. The molecule has 1 amide bonds. The van der Waals surface area contributed by atoms with Crippen LogP contribution in [0.4, 0.5) is 16.2 Å². The van der Waals surface area contributed by atoms with Crippen LogP contribution in [0.2, 0.25) is 5.02 Å². The minimum atomic E-state index is -0.735. The largest absolute Gasteiger partial charge is 0.417 e. The zero-order valence-corrected chi connectivity index (χ0v) is 12.7. The predicted octanol–water partition coefficient (Wildman–Crippen LogP) is 4.48. The molecule has 0 spiro atoms. The van der Waals surface area contributed by atoms with Crippen molar-refractivity contribution in [2.75, 3.05) is 5.32 Å². The summed E-state index contributed by atoms with van der Waals surface area (Å²) in [6.45, 7) is 3.61. The molecule has 114 valence electrons. The summed E-state index contributed by atoms with van der Waals surface area (Å²) in [4.78, 5) is 22.0. The van der Waals surface area contributed by atoms with Gasteiger partial charge in [0.2, 0.25) is 0 Å². The maximum Gasteiger partial charge on any atom is 0.417 e. The van der Waals surface area contributed by atoms with E-state index in [-0.39, 0.29) is 11.4 Å². The molecule has 0 aromatic heterocycles. The summed E-state index contributed by atoms with van der Waals surface area (Å²) in [5.41, 5.74) is 1.75. The summed E-state index contributed by atoms with van der Waals surface area (Å²) in [6, 6.07) is 8.88. The van der Waals surface area contributed by atoms with E-state index in [1.54, 1.807) is 26.0 Å². The van der Waals surface area contributed by atoms with Crippen LogP contribution >= 0.6 is 11.6 Å². The summed E-state index contributed by atoms with van der Waals surface area (Å²) < 4.78 is 5.16. The van der Waals surface area contributed by atoms with Crippen molar-refractivity contribution >= 4 is 29.1 Å². The van der Waals surface area contributed by atoms with E-state index >= 15 is 0 Å². The van der Waals surface area contributed by atoms with E-state index in [1.807, 2.05) is 0 Å². The van der Waals surface area contributed by atoms with Crippen LogP contribution in [0.5, 0.6) is 5.75 Å². The normalized spacial score (nSPS) is 10.1. The van der Waals surface area contributed by atoms with E-state index in [0.29, 0.717) is 10.8 Å². The molecule has 0 fully saturated rings. The zero-order valence-electron chi connectivity index (χ0n) is 11.9. The smallest absolute Gasteiger partial charge is 0.410 e. The molecular formula is C15H13ClN2O4. The van der Waals surface area contributed by atoms with Crippen LogP contribution in [-0.4, -0.2) is 11.0 Å². The monoisotopic (exact) mass is 320 g/mol. The molecule has 1 N–H and O–H groups in total. The fraction of sp³-hybridized carbons (Fsp3) is 0.133. The minimum absolute atomic E-state index is 0.115. The van der Waals surface area contributed by atoms with Crippen LogP contribution in [0.3, 0.4) is 0 Å². The molecule has 6 nitrogen and oxygen atoms in total. The molecule has 0 aliphatic carbocycles. The van der Waals surface area contributed by atoms with Crippen molar-refractivity contribution in [3.8, 4) is 5.75 Å². The molecule has 0 heterocycles. The van der Waals surface area contributed by atoms with Crippen LogP contribution in [0, 0.1) is 24.0 Å². The Morgan fingerprint density at radius 1 is 1.23 bits per heavy atom. The third kappa shape index (κ3) is 3.73. The number of carbonyl (C=O) groups excluding carboxylic acids is 1. The first-order valence-electron chi connectivity index (χ1n) is 6.37. The van der Waals surface area contributed by atoms with Gasteiger partial charge in [-0.1, -0.05) is 17.7 Å². The van der Waals surface area contributed by atoms with Crippen LogP contribution in [0.1, 0.15) is 11.1 Å². The van der Waals surface area contributed by atoms with Crippen molar-refractivity contribution in [1.82, 2.24) is 0 Å². The number of halogens is 1. The van der Waals surface area contributed by atoms with Gasteiger partial charge in [0.25, 0.3) is 5.69 Å². The Labute approximate surface area is 131 Å². The van der Waals surface area contributed by atoms with Crippen LogP contribution in [0.15, 0.2) is 36.4 Å². The summed E-state index contributed by atoms with van der Waals surface area (Å²) in [6.07, 6.45) is -0.735. The lowest BCUT2D eigenvalue weighted by Gasteiger charge is -2.09. The second kappa shape index (κ2) is 6.44. The number of amides is 1. The van der Waals surface area contributed by atoms with E-state index in [9.17, 15) is 14.9 Å². The minimum Gasteiger partial charge on any atom is -0.410 e. The number of aryl methyl sites for hydroxylation is 2.